The Morgan fingerprint density at radius 1 is 1.38 bits per heavy atom. The lowest BCUT2D eigenvalue weighted by molar-refractivity contribution is -0.126. The summed E-state index contributed by atoms with van der Waals surface area (Å²) in [7, 11) is 3.35. The summed E-state index contributed by atoms with van der Waals surface area (Å²) < 4.78 is 17.2. The maximum atomic E-state index is 12.9. The first-order chi connectivity index (χ1) is 16.2. The second-order valence-electron chi connectivity index (χ2n) is 8.93. The smallest absolute Gasteiger partial charge is 0.246 e. The maximum Gasteiger partial charge on any atom is 0.246 e. The Morgan fingerprint density at radius 2 is 2.15 bits per heavy atom. The van der Waals surface area contributed by atoms with Crippen molar-refractivity contribution in [2.45, 2.75) is 40.2 Å². The number of carbonyl (C=O) groups excluding carboxylic acids is 2. The van der Waals surface area contributed by atoms with Crippen molar-refractivity contribution in [3.05, 3.63) is 47.7 Å². The Labute approximate surface area is 200 Å². The van der Waals surface area contributed by atoms with Crippen LogP contribution in [0.1, 0.15) is 51.3 Å². The summed E-state index contributed by atoms with van der Waals surface area (Å²) in [6.07, 6.45) is 5.63. The molecular weight excluding hydrogens is 434 g/mol. The highest BCUT2D eigenvalue weighted by Crippen LogP contribution is 2.37. The number of amides is 2. The van der Waals surface area contributed by atoms with Crippen LogP contribution in [0, 0.1) is 5.41 Å². The van der Waals surface area contributed by atoms with Crippen molar-refractivity contribution >= 4 is 23.7 Å². The summed E-state index contributed by atoms with van der Waals surface area (Å²) in [5.41, 5.74) is 0.900. The molecule has 2 aromatic rings. The highest BCUT2D eigenvalue weighted by Gasteiger charge is 2.33. The lowest BCUT2D eigenvalue weighted by atomic mass is 9.94. The molecule has 2 heterocycles. The summed E-state index contributed by atoms with van der Waals surface area (Å²) in [6, 6.07) is 7.19. The minimum atomic E-state index is -0.661. The Bertz CT molecular complexity index is 1080. The Hall–Kier alpha value is -3.55. The van der Waals surface area contributed by atoms with Gasteiger partial charge in [0.05, 0.1) is 25.2 Å². The maximum absolute atomic E-state index is 12.9. The molecular formula is C26H33N3O5. The van der Waals surface area contributed by atoms with Gasteiger partial charge in [-0.05, 0) is 51.0 Å². The molecule has 34 heavy (non-hydrogen) atoms. The summed E-state index contributed by atoms with van der Waals surface area (Å²) in [4.78, 5) is 31.1. The number of benzene rings is 1. The molecule has 0 fully saturated rings. The van der Waals surface area contributed by atoms with E-state index in [0.717, 1.165) is 12.0 Å². The van der Waals surface area contributed by atoms with Gasteiger partial charge in [-0.25, -0.2) is 4.98 Å². The molecule has 0 unspecified atom stereocenters. The number of nitrogens with zero attached hydrogens (tertiary/aromatic N) is 2. The predicted octanol–water partition coefficient (Wildman–Crippen LogP) is 4.47. The number of rotatable bonds is 8. The van der Waals surface area contributed by atoms with E-state index in [1.807, 2.05) is 45.9 Å². The van der Waals surface area contributed by atoms with Crippen molar-refractivity contribution in [3.8, 4) is 17.2 Å². The zero-order valence-electron chi connectivity index (χ0n) is 20.7. The van der Waals surface area contributed by atoms with Crippen LogP contribution in [0.4, 0.5) is 5.82 Å². The monoisotopic (exact) mass is 467 g/mol. The SMILES string of the molecule is CCCOc1c(OC)cccc1[C@@H](C)N(C)C(=O)/C=C/c1cnc2c(c1)OCC(C)(C)C(=O)N2. The average molecular weight is 468 g/mol. The van der Waals surface area contributed by atoms with Crippen molar-refractivity contribution < 1.29 is 23.8 Å². The second kappa shape index (κ2) is 10.6. The van der Waals surface area contributed by atoms with E-state index in [9.17, 15) is 9.59 Å². The van der Waals surface area contributed by atoms with Gasteiger partial charge in [-0.3, -0.25) is 9.59 Å². The van der Waals surface area contributed by atoms with E-state index in [4.69, 9.17) is 14.2 Å². The number of anilines is 1. The van der Waals surface area contributed by atoms with Crippen molar-refractivity contribution in [1.82, 2.24) is 9.88 Å². The number of fused-ring (bicyclic) bond motifs is 1. The first-order valence-electron chi connectivity index (χ1n) is 11.4. The molecule has 1 atom stereocenters. The summed E-state index contributed by atoms with van der Waals surface area (Å²) >= 11 is 0. The molecule has 0 radical (unpaired) electrons. The summed E-state index contributed by atoms with van der Waals surface area (Å²) in [5.74, 6) is 1.82. The molecule has 1 aromatic heterocycles. The van der Waals surface area contributed by atoms with Crippen molar-refractivity contribution in [1.29, 1.82) is 0 Å². The van der Waals surface area contributed by atoms with E-state index in [-0.39, 0.29) is 24.5 Å². The van der Waals surface area contributed by atoms with Crippen molar-refractivity contribution in [2.75, 3.05) is 32.7 Å². The first kappa shape index (κ1) is 25.1. The number of pyridine rings is 1. The molecule has 8 heteroatoms. The molecule has 1 aromatic carbocycles. The van der Waals surface area contributed by atoms with Gasteiger partial charge >= 0.3 is 0 Å². The fraction of sp³-hybridized carbons (Fsp3) is 0.423. The number of para-hydroxylation sites is 1. The third-order valence-electron chi connectivity index (χ3n) is 5.79. The van der Waals surface area contributed by atoms with Crippen LogP contribution in [0.2, 0.25) is 0 Å². The molecule has 8 nitrogen and oxygen atoms in total. The molecule has 0 aliphatic carbocycles. The van der Waals surface area contributed by atoms with Crippen LogP contribution in [0.15, 0.2) is 36.5 Å². The van der Waals surface area contributed by atoms with Gasteiger partial charge in [0.15, 0.2) is 23.1 Å². The summed E-state index contributed by atoms with van der Waals surface area (Å²) in [6.45, 7) is 8.40. The highest BCUT2D eigenvalue weighted by molar-refractivity contribution is 5.96. The predicted molar refractivity (Wildman–Crippen MR) is 131 cm³/mol. The fourth-order valence-corrected chi connectivity index (χ4v) is 3.42. The number of likely N-dealkylation sites (N-methyl/N-ethyl adjacent to an activating group) is 1. The largest absolute Gasteiger partial charge is 0.493 e. The van der Waals surface area contributed by atoms with Crippen molar-refractivity contribution in [2.24, 2.45) is 5.41 Å². The van der Waals surface area contributed by atoms with Gasteiger partial charge in [0, 0.05) is 24.9 Å². The lowest BCUT2D eigenvalue weighted by Crippen LogP contribution is -2.33. The number of nitrogens with one attached hydrogen (secondary N) is 1. The fourth-order valence-electron chi connectivity index (χ4n) is 3.42. The molecule has 0 spiro atoms. The third kappa shape index (κ3) is 5.50. The number of ether oxygens (including phenoxy) is 3. The lowest BCUT2D eigenvalue weighted by Gasteiger charge is -2.26. The number of carbonyl (C=O) groups is 2. The Kier molecular flexibility index (Phi) is 7.81. The zero-order valence-corrected chi connectivity index (χ0v) is 20.7. The third-order valence-corrected chi connectivity index (χ3v) is 5.79. The molecule has 1 N–H and O–H groups in total. The van der Waals surface area contributed by atoms with E-state index >= 15 is 0 Å². The Balaban J connectivity index is 1.76. The van der Waals surface area contributed by atoms with Crippen molar-refractivity contribution in [3.63, 3.8) is 0 Å². The van der Waals surface area contributed by atoms with Crippen LogP contribution in [0.3, 0.4) is 0 Å². The molecule has 1 aliphatic rings. The van der Waals surface area contributed by atoms with E-state index in [1.54, 1.807) is 37.4 Å². The van der Waals surface area contributed by atoms with Gasteiger partial charge in [0.2, 0.25) is 11.8 Å². The van der Waals surface area contributed by atoms with Crippen LogP contribution in [-0.4, -0.2) is 49.1 Å². The number of methoxy groups -OCH3 is 1. The standard InChI is InChI=1S/C26H33N3O5/c1-7-13-33-23-19(9-8-10-20(23)32-6)17(2)29(5)22(30)12-11-18-14-21-24(27-15-18)28-25(31)26(3,4)16-34-21/h8-12,14-15,17H,7,13,16H2,1-6H3,(H,27,28,31)/b12-11+/t17-/m1/s1. The van der Waals surface area contributed by atoms with Gasteiger partial charge in [0.1, 0.15) is 6.61 Å². The topological polar surface area (TPSA) is 90.0 Å². The van der Waals surface area contributed by atoms with Gasteiger partial charge in [-0.2, -0.15) is 0 Å². The van der Waals surface area contributed by atoms with E-state index in [0.29, 0.717) is 35.2 Å². The molecule has 0 bridgehead atoms. The highest BCUT2D eigenvalue weighted by atomic mass is 16.5. The number of hydrogen-bond acceptors (Lipinski definition) is 6. The minimum absolute atomic E-state index is 0.146. The van der Waals surface area contributed by atoms with E-state index < -0.39 is 5.41 Å². The Morgan fingerprint density at radius 3 is 2.85 bits per heavy atom. The molecule has 1 aliphatic heterocycles. The van der Waals surface area contributed by atoms with Crippen LogP contribution < -0.4 is 19.5 Å². The number of aromatic nitrogens is 1. The van der Waals surface area contributed by atoms with Crippen LogP contribution in [-0.2, 0) is 9.59 Å². The van der Waals surface area contributed by atoms with Gasteiger partial charge in [0.25, 0.3) is 0 Å². The first-order valence-corrected chi connectivity index (χ1v) is 11.4. The average Bonchev–Trinajstić information content (AvgIpc) is 2.95. The normalized spacial score (nSPS) is 15.5. The van der Waals surface area contributed by atoms with Gasteiger partial charge in [-0.15, -0.1) is 0 Å². The van der Waals surface area contributed by atoms with Gasteiger partial charge in [-0.1, -0.05) is 19.1 Å². The quantitative estimate of drug-likeness (QED) is 0.576. The molecule has 2 amide bonds. The van der Waals surface area contributed by atoms with E-state index in [1.165, 1.54) is 6.08 Å². The van der Waals surface area contributed by atoms with Crippen LogP contribution in [0.25, 0.3) is 6.08 Å². The molecule has 3 rings (SSSR count). The zero-order chi connectivity index (χ0) is 24.9. The van der Waals surface area contributed by atoms with E-state index in [2.05, 4.69) is 10.3 Å². The van der Waals surface area contributed by atoms with Gasteiger partial charge < -0.3 is 24.4 Å². The molecule has 0 saturated carbocycles. The molecule has 182 valence electrons. The summed E-state index contributed by atoms with van der Waals surface area (Å²) in [5, 5.41) is 2.79. The van der Waals surface area contributed by atoms with Crippen LogP contribution in [0.5, 0.6) is 17.2 Å². The second-order valence-corrected chi connectivity index (χ2v) is 8.93. The molecule has 0 saturated heterocycles. The minimum Gasteiger partial charge on any atom is -0.493 e. The van der Waals surface area contributed by atoms with Crippen LogP contribution >= 0.6 is 0 Å². The number of hydrogen-bond donors (Lipinski definition) is 1.